The fraction of sp³-hybridized carbons (Fsp3) is 0.130. The van der Waals surface area contributed by atoms with E-state index in [0.29, 0.717) is 39.7 Å². The average Bonchev–Trinajstić information content (AvgIpc) is 4.21. The summed E-state index contributed by atoms with van der Waals surface area (Å²) in [5, 5.41) is 2.06. The Labute approximate surface area is 471 Å². The van der Waals surface area contributed by atoms with Crippen molar-refractivity contribution in [2.45, 2.75) is 58.3 Å². The van der Waals surface area contributed by atoms with Crippen molar-refractivity contribution < 1.29 is 43.4 Å². The van der Waals surface area contributed by atoms with Crippen LogP contribution in [0.3, 0.4) is 0 Å². The molecule has 0 spiro atoms. The number of pyridine rings is 1. The van der Waals surface area contributed by atoms with Crippen molar-refractivity contribution in [1.82, 2.24) is 9.55 Å². The van der Waals surface area contributed by atoms with Gasteiger partial charge in [0.05, 0.1) is 0 Å². The first-order valence-corrected chi connectivity index (χ1v) is 26.0. The summed E-state index contributed by atoms with van der Waals surface area (Å²) in [5.74, 6) is -1.57. The molecule has 3 heterocycles. The maximum atomic E-state index is 15.4. The van der Waals surface area contributed by atoms with Crippen LogP contribution < -0.4 is 14.5 Å². The Morgan fingerprint density at radius 1 is 0.506 bits per heavy atom. The number of nitrogens with zero attached hydrogens (tertiary/aromatic N) is 4. The fourth-order valence-corrected chi connectivity index (χ4v) is 11.4. The Bertz CT molecular complexity index is 4070. The molecular weight excluding hydrogens is 1170 g/mol. The van der Waals surface area contributed by atoms with Gasteiger partial charge in [-0.05, 0) is 127 Å². The second kappa shape index (κ2) is 19.6. The molecule has 2 aliphatic rings. The molecule has 9 aromatic carbocycles. The van der Waals surface area contributed by atoms with Crippen molar-refractivity contribution in [2.75, 3.05) is 9.80 Å². The number of anilines is 4. The Balaban J connectivity index is 0.00000623. The minimum Gasteiger partial charge on any atom is -0.509 e. The van der Waals surface area contributed by atoms with Gasteiger partial charge in [-0.2, -0.15) is 6.07 Å². The SMILES string of the molecule is CC(C)(C)c1ccnc(-n2c3[c-]c(Oc4[c-]c(N5[CH-]N(c6c(-c7cc(F)cc(F)c7)cc(C(C)(C)C)cc6-c6cc(F)cc(F)c6)c6ccccc65)cc(C5c6ccccc6-c6ccccc65)c4)ccc3c3ccccc32)c1.[Pt]. The van der Waals surface area contributed by atoms with Crippen LogP contribution in [0, 0.1) is 42.1 Å². The Morgan fingerprint density at radius 2 is 1.06 bits per heavy atom. The van der Waals surface area contributed by atoms with Gasteiger partial charge in [0.1, 0.15) is 29.1 Å². The minimum atomic E-state index is -0.763. The summed E-state index contributed by atoms with van der Waals surface area (Å²) in [6.07, 6.45) is 1.86. The largest absolute Gasteiger partial charge is 0.509 e. The number of ether oxygens (including phenoxy) is 1. The topological polar surface area (TPSA) is 33.5 Å². The molecule has 0 bridgehead atoms. The van der Waals surface area contributed by atoms with Gasteiger partial charge in [0.2, 0.25) is 0 Å². The zero-order valence-electron chi connectivity index (χ0n) is 44.1. The van der Waals surface area contributed by atoms with E-state index in [1.807, 2.05) is 104 Å². The van der Waals surface area contributed by atoms with E-state index in [2.05, 4.69) is 122 Å². The summed E-state index contributed by atoms with van der Waals surface area (Å²) < 4.78 is 70.9. The van der Waals surface area contributed by atoms with Crippen LogP contribution in [-0.4, -0.2) is 9.55 Å². The van der Waals surface area contributed by atoms with Crippen LogP contribution in [0.25, 0.3) is 61.0 Å². The zero-order chi connectivity index (χ0) is 53.8. The molecule has 0 saturated carbocycles. The molecule has 0 atom stereocenters. The van der Waals surface area contributed by atoms with E-state index < -0.39 is 28.7 Å². The summed E-state index contributed by atoms with van der Waals surface area (Å²) in [5.41, 5.74) is 12.6. The zero-order valence-corrected chi connectivity index (χ0v) is 46.3. The number of halogens is 4. The molecule has 0 N–H and O–H groups in total. The number of hydrogen-bond acceptors (Lipinski definition) is 4. The minimum absolute atomic E-state index is 0. The third-order valence-electron chi connectivity index (χ3n) is 15.1. The number of fused-ring (bicyclic) bond motifs is 7. The van der Waals surface area contributed by atoms with Crippen LogP contribution >= 0.6 is 0 Å². The van der Waals surface area contributed by atoms with Crippen LogP contribution in [0.4, 0.5) is 40.3 Å². The number of hydrogen-bond donors (Lipinski definition) is 0. The molecule has 0 unspecified atom stereocenters. The van der Waals surface area contributed by atoms with Gasteiger partial charge >= 0.3 is 0 Å². The molecule has 10 heteroatoms. The molecule has 79 heavy (non-hydrogen) atoms. The summed E-state index contributed by atoms with van der Waals surface area (Å²) in [6, 6.07) is 63.4. The summed E-state index contributed by atoms with van der Waals surface area (Å²) in [6.45, 7) is 14.5. The van der Waals surface area contributed by atoms with Gasteiger partial charge in [0, 0.05) is 90.5 Å². The maximum Gasteiger partial charge on any atom is 0.135 e. The first-order chi connectivity index (χ1) is 37.5. The smallest absolute Gasteiger partial charge is 0.135 e. The average molecular weight is 1220 g/mol. The van der Waals surface area contributed by atoms with Crippen molar-refractivity contribution in [3.05, 3.63) is 258 Å². The van der Waals surface area contributed by atoms with Gasteiger partial charge < -0.3 is 19.1 Å². The molecular formula is C69H51F4N4OPt-3. The quantitative estimate of drug-likeness (QED) is 0.112. The maximum absolute atomic E-state index is 15.4. The summed E-state index contributed by atoms with van der Waals surface area (Å²) in [7, 11) is 0. The number of benzene rings is 9. The molecule has 1 aliphatic carbocycles. The van der Waals surface area contributed by atoms with E-state index >= 15 is 17.6 Å². The normalized spacial score (nSPS) is 13.2. The van der Waals surface area contributed by atoms with Crippen LogP contribution in [0.15, 0.2) is 188 Å². The molecule has 0 radical (unpaired) electrons. The van der Waals surface area contributed by atoms with Crippen molar-refractivity contribution >= 4 is 44.6 Å². The van der Waals surface area contributed by atoms with Crippen LogP contribution in [0.1, 0.15) is 75.3 Å². The van der Waals surface area contributed by atoms with Crippen LogP contribution in [-0.2, 0) is 31.9 Å². The number of rotatable bonds is 8. The van der Waals surface area contributed by atoms with Crippen LogP contribution in [0.2, 0.25) is 0 Å². The van der Waals surface area contributed by atoms with E-state index in [-0.39, 0.29) is 43.5 Å². The van der Waals surface area contributed by atoms with Gasteiger partial charge in [0.25, 0.3) is 0 Å². The second-order valence-electron chi connectivity index (χ2n) is 22.3. The number of para-hydroxylation sites is 3. The molecule has 13 rings (SSSR count). The third-order valence-corrected chi connectivity index (χ3v) is 15.1. The molecule has 0 amide bonds. The van der Waals surface area contributed by atoms with E-state index in [9.17, 15) is 0 Å². The standard InChI is InChI=1S/C69H51F4N4O.Pt/c1-68(2,3)44-25-26-74-65(35-44)77-61-20-12-11-17-55(61)56-24-23-51(39-64(56)77)78-52-32-43(66-57-18-9-7-15-53(57)54-16-8-10-19-58(54)66)31-50(38-52)75-40-76(63-22-14-13-21-62(63)75)67-59(41-27-46(70)36-47(71)28-41)33-45(69(4,5)6)34-60(67)42-29-48(72)37-49(73)30-42;/h7-37,40,66H,1-6H3;/q-3;. The van der Waals surface area contributed by atoms with Gasteiger partial charge in [-0.3, -0.25) is 0 Å². The molecule has 394 valence electrons. The van der Waals surface area contributed by atoms with E-state index in [0.717, 1.165) is 84.4 Å². The second-order valence-corrected chi connectivity index (χ2v) is 22.3. The fourth-order valence-electron chi connectivity index (χ4n) is 11.4. The molecule has 5 nitrogen and oxygen atoms in total. The number of aromatic nitrogens is 2. The van der Waals surface area contributed by atoms with Crippen molar-refractivity contribution in [2.24, 2.45) is 0 Å². The van der Waals surface area contributed by atoms with E-state index in [4.69, 9.17) is 9.72 Å². The summed E-state index contributed by atoms with van der Waals surface area (Å²) in [4.78, 5) is 8.84. The predicted molar refractivity (Wildman–Crippen MR) is 305 cm³/mol. The molecule has 1 aliphatic heterocycles. The van der Waals surface area contributed by atoms with Gasteiger partial charge in [-0.15, -0.1) is 53.6 Å². The molecule has 11 aromatic rings. The third kappa shape index (κ3) is 9.18. The van der Waals surface area contributed by atoms with Gasteiger partial charge in [-0.1, -0.05) is 126 Å². The molecule has 2 aromatic heterocycles. The van der Waals surface area contributed by atoms with Crippen molar-refractivity contribution in [3.8, 4) is 50.7 Å². The van der Waals surface area contributed by atoms with Crippen LogP contribution in [0.5, 0.6) is 11.5 Å². The van der Waals surface area contributed by atoms with E-state index in [1.165, 1.54) is 24.3 Å². The van der Waals surface area contributed by atoms with Crippen molar-refractivity contribution in [1.29, 1.82) is 0 Å². The summed E-state index contributed by atoms with van der Waals surface area (Å²) >= 11 is 0. The first-order valence-electron chi connectivity index (χ1n) is 26.0. The monoisotopic (exact) mass is 1220 g/mol. The predicted octanol–water partition coefficient (Wildman–Crippen LogP) is 18.6. The Morgan fingerprint density at radius 3 is 1.67 bits per heavy atom. The molecule has 0 fully saturated rings. The van der Waals surface area contributed by atoms with Crippen molar-refractivity contribution in [3.63, 3.8) is 0 Å². The van der Waals surface area contributed by atoms with E-state index in [1.54, 1.807) is 0 Å². The Kier molecular flexibility index (Phi) is 12.8. The first kappa shape index (κ1) is 51.5. The van der Waals surface area contributed by atoms with Gasteiger partial charge in [0.15, 0.2) is 0 Å². The Hall–Kier alpha value is -8.26. The van der Waals surface area contributed by atoms with Gasteiger partial charge in [-0.25, -0.2) is 22.5 Å². The molecule has 0 saturated heterocycles.